The van der Waals surface area contributed by atoms with E-state index in [1.165, 1.54) is 7.11 Å². The fraction of sp³-hybridized carbons (Fsp3) is 0.818. The van der Waals surface area contributed by atoms with Gasteiger partial charge in [-0.2, -0.15) is 0 Å². The fourth-order valence-electron chi connectivity index (χ4n) is 1.79. The molecule has 0 aliphatic carbocycles. The molecule has 5 nitrogen and oxygen atoms in total. The Morgan fingerprint density at radius 2 is 2.12 bits per heavy atom. The van der Waals surface area contributed by atoms with Crippen LogP contribution in [-0.2, 0) is 14.3 Å². The van der Waals surface area contributed by atoms with Gasteiger partial charge in [0.2, 0.25) is 5.91 Å². The van der Waals surface area contributed by atoms with E-state index in [-0.39, 0.29) is 17.8 Å². The SMILES string of the molecule is CCCC(C)(NC(=O)C1CNC1)C(=O)OC. The van der Waals surface area contributed by atoms with Crippen LogP contribution in [0.3, 0.4) is 0 Å². The van der Waals surface area contributed by atoms with Crippen LogP contribution < -0.4 is 10.6 Å². The largest absolute Gasteiger partial charge is 0.467 e. The lowest BCUT2D eigenvalue weighted by Gasteiger charge is -2.32. The van der Waals surface area contributed by atoms with E-state index >= 15 is 0 Å². The highest BCUT2D eigenvalue weighted by atomic mass is 16.5. The number of hydrogen-bond acceptors (Lipinski definition) is 4. The zero-order chi connectivity index (χ0) is 12.2. The van der Waals surface area contributed by atoms with E-state index in [2.05, 4.69) is 10.6 Å². The molecular weight excluding hydrogens is 208 g/mol. The second-order valence-corrected chi connectivity index (χ2v) is 4.42. The zero-order valence-electron chi connectivity index (χ0n) is 10.1. The van der Waals surface area contributed by atoms with E-state index in [9.17, 15) is 9.59 Å². The number of carbonyl (C=O) groups is 2. The van der Waals surface area contributed by atoms with Crippen molar-refractivity contribution in [1.82, 2.24) is 10.6 Å². The van der Waals surface area contributed by atoms with Gasteiger partial charge in [0.25, 0.3) is 0 Å². The third-order valence-electron chi connectivity index (χ3n) is 2.94. The lowest BCUT2D eigenvalue weighted by molar-refractivity contribution is -0.151. The first kappa shape index (κ1) is 13.0. The highest BCUT2D eigenvalue weighted by Crippen LogP contribution is 2.16. The minimum Gasteiger partial charge on any atom is -0.467 e. The van der Waals surface area contributed by atoms with Crippen molar-refractivity contribution in [1.29, 1.82) is 0 Å². The van der Waals surface area contributed by atoms with Crippen LogP contribution in [0.15, 0.2) is 0 Å². The average molecular weight is 228 g/mol. The van der Waals surface area contributed by atoms with Gasteiger partial charge >= 0.3 is 5.97 Å². The Morgan fingerprint density at radius 1 is 1.50 bits per heavy atom. The number of rotatable bonds is 5. The third kappa shape index (κ3) is 2.72. The molecule has 1 amide bonds. The molecule has 16 heavy (non-hydrogen) atoms. The minimum absolute atomic E-state index is 0.0131. The highest BCUT2D eigenvalue weighted by molar-refractivity contribution is 5.89. The second-order valence-electron chi connectivity index (χ2n) is 4.42. The second kappa shape index (κ2) is 5.30. The summed E-state index contributed by atoms with van der Waals surface area (Å²) in [5.41, 5.74) is -0.893. The van der Waals surface area contributed by atoms with E-state index in [1.54, 1.807) is 6.92 Å². The third-order valence-corrected chi connectivity index (χ3v) is 2.94. The van der Waals surface area contributed by atoms with Gasteiger partial charge in [0, 0.05) is 13.1 Å². The van der Waals surface area contributed by atoms with E-state index in [4.69, 9.17) is 4.74 Å². The molecule has 0 radical (unpaired) electrons. The Labute approximate surface area is 95.9 Å². The summed E-state index contributed by atoms with van der Waals surface area (Å²) in [6.45, 7) is 5.06. The molecule has 0 aromatic rings. The Balaban J connectivity index is 2.61. The number of esters is 1. The summed E-state index contributed by atoms with van der Waals surface area (Å²) in [6, 6.07) is 0. The first-order valence-corrected chi connectivity index (χ1v) is 5.64. The van der Waals surface area contributed by atoms with Gasteiger partial charge in [0.15, 0.2) is 0 Å². The molecule has 0 saturated carbocycles. The maximum atomic E-state index is 11.8. The molecule has 1 rings (SSSR count). The molecule has 0 aromatic carbocycles. The van der Waals surface area contributed by atoms with Crippen LogP contribution in [0.4, 0.5) is 0 Å². The molecule has 0 spiro atoms. The van der Waals surface area contributed by atoms with Crippen molar-refractivity contribution >= 4 is 11.9 Å². The Kier molecular flexibility index (Phi) is 4.29. The highest BCUT2D eigenvalue weighted by Gasteiger charge is 2.37. The Hall–Kier alpha value is -1.10. The van der Waals surface area contributed by atoms with Gasteiger partial charge in [0.1, 0.15) is 5.54 Å². The van der Waals surface area contributed by atoms with Crippen LogP contribution in [0.2, 0.25) is 0 Å². The molecule has 1 fully saturated rings. The molecule has 1 aliphatic rings. The topological polar surface area (TPSA) is 67.4 Å². The van der Waals surface area contributed by atoms with Crippen LogP contribution >= 0.6 is 0 Å². The quantitative estimate of drug-likeness (QED) is 0.653. The molecular formula is C11H20N2O3. The van der Waals surface area contributed by atoms with Crippen LogP contribution in [0.25, 0.3) is 0 Å². The molecule has 0 aromatic heterocycles. The fourth-order valence-corrected chi connectivity index (χ4v) is 1.79. The standard InChI is InChI=1S/C11H20N2O3/c1-4-5-11(2,10(15)16-3)13-9(14)8-6-12-7-8/h8,12H,4-7H2,1-3H3,(H,13,14). The molecule has 0 bridgehead atoms. The summed E-state index contributed by atoms with van der Waals surface area (Å²) in [5, 5.41) is 5.82. The first-order valence-electron chi connectivity index (χ1n) is 5.64. The predicted octanol–water partition coefficient (Wildman–Crippen LogP) is 0.0538. The molecule has 1 aliphatic heterocycles. The molecule has 1 saturated heterocycles. The van der Waals surface area contributed by atoms with E-state index in [1.807, 2.05) is 6.92 Å². The molecule has 1 unspecified atom stereocenters. The van der Waals surface area contributed by atoms with Crippen molar-refractivity contribution in [3.63, 3.8) is 0 Å². The van der Waals surface area contributed by atoms with E-state index in [0.717, 1.165) is 6.42 Å². The average Bonchev–Trinajstić information content (AvgIpc) is 2.13. The smallest absolute Gasteiger partial charge is 0.331 e. The summed E-state index contributed by atoms with van der Waals surface area (Å²) in [5.74, 6) is -0.462. The van der Waals surface area contributed by atoms with Crippen molar-refractivity contribution in [3.05, 3.63) is 0 Å². The molecule has 92 valence electrons. The maximum Gasteiger partial charge on any atom is 0.331 e. The van der Waals surface area contributed by atoms with Crippen molar-refractivity contribution in [2.24, 2.45) is 5.92 Å². The van der Waals surface area contributed by atoms with Crippen molar-refractivity contribution in [2.75, 3.05) is 20.2 Å². The van der Waals surface area contributed by atoms with Gasteiger partial charge in [-0.25, -0.2) is 4.79 Å². The van der Waals surface area contributed by atoms with E-state index < -0.39 is 5.54 Å². The lowest BCUT2D eigenvalue weighted by atomic mass is 9.93. The summed E-state index contributed by atoms with van der Waals surface area (Å²) >= 11 is 0. The van der Waals surface area contributed by atoms with Gasteiger partial charge in [0.05, 0.1) is 13.0 Å². The van der Waals surface area contributed by atoms with Crippen LogP contribution in [0.1, 0.15) is 26.7 Å². The summed E-state index contributed by atoms with van der Waals surface area (Å²) in [4.78, 5) is 23.4. The van der Waals surface area contributed by atoms with Gasteiger partial charge in [-0.1, -0.05) is 13.3 Å². The van der Waals surface area contributed by atoms with Crippen LogP contribution in [0.5, 0.6) is 0 Å². The Morgan fingerprint density at radius 3 is 2.50 bits per heavy atom. The normalized spacial score (nSPS) is 19.4. The van der Waals surface area contributed by atoms with Crippen molar-refractivity contribution in [3.8, 4) is 0 Å². The van der Waals surface area contributed by atoms with Gasteiger partial charge in [-0.05, 0) is 13.3 Å². The first-order chi connectivity index (χ1) is 7.53. The lowest BCUT2D eigenvalue weighted by Crippen LogP contribution is -2.59. The van der Waals surface area contributed by atoms with E-state index in [0.29, 0.717) is 19.5 Å². The van der Waals surface area contributed by atoms with Crippen molar-refractivity contribution < 1.29 is 14.3 Å². The molecule has 1 atom stereocenters. The summed E-state index contributed by atoms with van der Waals surface area (Å²) in [7, 11) is 1.34. The van der Waals surface area contributed by atoms with Crippen LogP contribution in [0, 0.1) is 5.92 Å². The number of methoxy groups -OCH3 is 1. The van der Waals surface area contributed by atoms with Crippen molar-refractivity contribution in [2.45, 2.75) is 32.2 Å². The number of hydrogen-bond donors (Lipinski definition) is 2. The van der Waals surface area contributed by atoms with Crippen LogP contribution in [-0.4, -0.2) is 37.6 Å². The number of amides is 1. The summed E-state index contributed by atoms with van der Waals surface area (Å²) < 4.78 is 4.73. The summed E-state index contributed by atoms with van der Waals surface area (Å²) in [6.07, 6.45) is 1.40. The zero-order valence-corrected chi connectivity index (χ0v) is 10.1. The minimum atomic E-state index is -0.893. The van der Waals surface area contributed by atoms with Gasteiger partial charge in [-0.3, -0.25) is 4.79 Å². The number of ether oxygens (including phenoxy) is 1. The van der Waals surface area contributed by atoms with Gasteiger partial charge in [-0.15, -0.1) is 0 Å². The molecule has 5 heteroatoms. The molecule has 2 N–H and O–H groups in total. The predicted molar refractivity (Wildman–Crippen MR) is 59.8 cm³/mol. The molecule has 1 heterocycles. The number of carbonyl (C=O) groups excluding carboxylic acids is 2. The Bertz CT molecular complexity index is 276. The maximum absolute atomic E-state index is 11.8. The van der Waals surface area contributed by atoms with Gasteiger partial charge < -0.3 is 15.4 Å². The monoisotopic (exact) mass is 228 g/mol. The number of nitrogens with one attached hydrogen (secondary N) is 2.